The van der Waals surface area contributed by atoms with E-state index < -0.39 is 9.84 Å². The maximum Gasteiger partial charge on any atom is 0.238 e. The Labute approximate surface area is 165 Å². The predicted octanol–water partition coefficient (Wildman–Crippen LogP) is 3.83. The molecule has 1 aliphatic rings. The van der Waals surface area contributed by atoms with Crippen LogP contribution in [0.4, 0.5) is 0 Å². The van der Waals surface area contributed by atoms with Gasteiger partial charge in [0, 0.05) is 47.6 Å². The van der Waals surface area contributed by atoms with E-state index in [1.807, 2.05) is 23.9 Å². The zero-order valence-corrected chi connectivity index (χ0v) is 17.3. The highest BCUT2D eigenvalue weighted by Gasteiger charge is 2.38. The van der Waals surface area contributed by atoms with Crippen LogP contribution >= 0.6 is 0 Å². The molecule has 0 radical (unpaired) electrons. The van der Waals surface area contributed by atoms with Gasteiger partial charge in [0.15, 0.2) is 9.84 Å². The van der Waals surface area contributed by atoms with Gasteiger partial charge in [-0.05, 0) is 37.1 Å². The van der Waals surface area contributed by atoms with Crippen LogP contribution in [-0.2, 0) is 16.9 Å². The van der Waals surface area contributed by atoms with E-state index in [9.17, 15) is 8.42 Å². The summed E-state index contributed by atoms with van der Waals surface area (Å²) in [6.45, 7) is 2.82. The van der Waals surface area contributed by atoms with E-state index in [-0.39, 0.29) is 10.3 Å². The second kappa shape index (κ2) is 6.51. The lowest BCUT2D eigenvalue weighted by Gasteiger charge is -2.15. The molecule has 1 fully saturated rings. The molecule has 0 N–H and O–H groups in total. The summed E-state index contributed by atoms with van der Waals surface area (Å²) in [6.07, 6.45) is 7.18. The number of nitrogens with zero attached hydrogens (tertiary/aromatic N) is 2. The minimum atomic E-state index is -3.34. The number of hydrogen-bond donors (Lipinski definition) is 0. The van der Waals surface area contributed by atoms with Gasteiger partial charge >= 0.3 is 0 Å². The average Bonchev–Trinajstić information content (AvgIpc) is 3.30. The predicted molar refractivity (Wildman–Crippen MR) is 109 cm³/mol. The molecule has 0 spiro atoms. The van der Waals surface area contributed by atoms with Gasteiger partial charge in [0.1, 0.15) is 11.3 Å². The van der Waals surface area contributed by atoms with Gasteiger partial charge in [0.2, 0.25) is 5.88 Å². The van der Waals surface area contributed by atoms with Crippen molar-refractivity contribution in [2.24, 2.45) is 12.5 Å². The van der Waals surface area contributed by atoms with Crippen LogP contribution in [0.15, 0.2) is 41.6 Å². The molecule has 2 aromatic heterocycles. The lowest BCUT2D eigenvalue weighted by molar-refractivity contribution is 0.248. The highest BCUT2D eigenvalue weighted by Crippen LogP contribution is 2.46. The fourth-order valence-electron chi connectivity index (χ4n) is 3.37. The van der Waals surface area contributed by atoms with Crippen LogP contribution < -0.4 is 9.47 Å². The molecule has 0 saturated heterocycles. The number of fused-ring (bicyclic) bond motifs is 1. The molecule has 3 aromatic rings. The molecule has 4 rings (SSSR count). The van der Waals surface area contributed by atoms with E-state index in [2.05, 4.69) is 11.9 Å². The summed E-state index contributed by atoms with van der Waals surface area (Å²) in [7, 11) is 0.166. The van der Waals surface area contributed by atoms with Gasteiger partial charge in [-0.1, -0.05) is 6.92 Å². The molecule has 1 aliphatic carbocycles. The summed E-state index contributed by atoms with van der Waals surface area (Å²) >= 11 is 0. The summed E-state index contributed by atoms with van der Waals surface area (Å²) in [6, 6.07) is 6.97. The van der Waals surface area contributed by atoms with E-state index in [0.717, 1.165) is 34.9 Å². The van der Waals surface area contributed by atoms with Crippen molar-refractivity contribution in [3.05, 3.63) is 36.7 Å². The van der Waals surface area contributed by atoms with Crippen LogP contribution in [0.3, 0.4) is 0 Å². The normalized spacial score (nSPS) is 15.6. The fourth-order valence-corrected chi connectivity index (χ4v) is 4.02. The Morgan fingerprint density at radius 1 is 1.21 bits per heavy atom. The molecular weight excluding hydrogens is 376 g/mol. The number of benzene rings is 1. The van der Waals surface area contributed by atoms with Crippen LogP contribution in [0, 0.1) is 5.41 Å². The second-order valence-corrected chi connectivity index (χ2v) is 9.92. The molecule has 148 valence electrons. The third kappa shape index (κ3) is 3.35. The SMILES string of the molecule is COc1nccc2c(-c3cc(S(C)(=O)=O)ccc3OCC3(C)CC3)cn(C)c12. The van der Waals surface area contributed by atoms with Gasteiger partial charge in [-0.3, -0.25) is 0 Å². The van der Waals surface area contributed by atoms with E-state index in [1.54, 1.807) is 31.5 Å². The number of rotatable bonds is 6. The van der Waals surface area contributed by atoms with Crippen molar-refractivity contribution in [1.29, 1.82) is 0 Å². The zero-order chi connectivity index (χ0) is 20.1. The number of ether oxygens (including phenoxy) is 2. The van der Waals surface area contributed by atoms with Crippen LogP contribution in [0.2, 0.25) is 0 Å². The van der Waals surface area contributed by atoms with Crippen molar-refractivity contribution in [3.8, 4) is 22.8 Å². The molecule has 1 saturated carbocycles. The third-order valence-corrected chi connectivity index (χ3v) is 6.51. The van der Waals surface area contributed by atoms with Gasteiger partial charge in [-0.2, -0.15) is 0 Å². The second-order valence-electron chi connectivity index (χ2n) is 7.90. The lowest BCUT2D eigenvalue weighted by Crippen LogP contribution is -2.09. The van der Waals surface area contributed by atoms with E-state index in [0.29, 0.717) is 18.2 Å². The molecular formula is C21H24N2O4S. The molecule has 1 aromatic carbocycles. The first kappa shape index (κ1) is 18.8. The summed E-state index contributed by atoms with van der Waals surface area (Å²) in [5, 5.41) is 0.933. The zero-order valence-electron chi connectivity index (χ0n) is 16.5. The molecule has 6 nitrogen and oxygen atoms in total. The molecule has 0 unspecified atom stereocenters. The van der Waals surface area contributed by atoms with Gasteiger partial charge in [-0.25, -0.2) is 13.4 Å². The number of methoxy groups -OCH3 is 1. The monoisotopic (exact) mass is 400 g/mol. The van der Waals surface area contributed by atoms with Gasteiger partial charge in [-0.15, -0.1) is 0 Å². The van der Waals surface area contributed by atoms with Crippen molar-refractivity contribution in [3.63, 3.8) is 0 Å². The standard InChI is InChI=1S/C21H24N2O4S/c1-21(8-9-21)13-27-18-6-5-14(28(4,24)25)11-16(18)17-12-23(2)19-15(17)7-10-22-20(19)26-3/h5-7,10-12H,8-9,13H2,1-4H3. The summed E-state index contributed by atoms with van der Waals surface area (Å²) in [4.78, 5) is 4.55. The summed E-state index contributed by atoms with van der Waals surface area (Å²) < 4.78 is 37.8. The van der Waals surface area contributed by atoms with E-state index in [4.69, 9.17) is 9.47 Å². The van der Waals surface area contributed by atoms with Crippen molar-refractivity contribution >= 4 is 20.7 Å². The highest BCUT2D eigenvalue weighted by molar-refractivity contribution is 7.90. The fraction of sp³-hybridized carbons (Fsp3) is 0.381. The van der Waals surface area contributed by atoms with Crippen molar-refractivity contribution in [2.45, 2.75) is 24.7 Å². The number of sulfone groups is 1. The van der Waals surface area contributed by atoms with Crippen molar-refractivity contribution in [2.75, 3.05) is 20.0 Å². The first-order chi connectivity index (χ1) is 13.2. The average molecular weight is 401 g/mol. The smallest absolute Gasteiger partial charge is 0.238 e. The number of hydrogen-bond acceptors (Lipinski definition) is 5. The Balaban J connectivity index is 1.90. The van der Waals surface area contributed by atoms with Crippen molar-refractivity contribution < 1.29 is 17.9 Å². The Bertz CT molecular complexity index is 1160. The minimum Gasteiger partial charge on any atom is -0.492 e. The Morgan fingerprint density at radius 2 is 1.96 bits per heavy atom. The topological polar surface area (TPSA) is 70.4 Å². The summed E-state index contributed by atoms with van der Waals surface area (Å²) in [5.74, 6) is 1.21. The van der Waals surface area contributed by atoms with Crippen LogP contribution in [0.1, 0.15) is 19.8 Å². The Hall–Kier alpha value is -2.54. The number of pyridine rings is 1. The van der Waals surface area contributed by atoms with Gasteiger partial charge in [0.05, 0.1) is 18.6 Å². The Kier molecular flexibility index (Phi) is 4.38. The molecule has 0 amide bonds. The quantitative estimate of drug-likeness (QED) is 0.629. The van der Waals surface area contributed by atoms with Crippen LogP contribution in [0.25, 0.3) is 22.0 Å². The van der Waals surface area contributed by atoms with E-state index in [1.165, 1.54) is 6.26 Å². The van der Waals surface area contributed by atoms with Crippen molar-refractivity contribution in [1.82, 2.24) is 9.55 Å². The van der Waals surface area contributed by atoms with Gasteiger partial charge in [0.25, 0.3) is 0 Å². The molecule has 2 heterocycles. The number of aryl methyl sites for hydroxylation is 1. The first-order valence-corrected chi connectivity index (χ1v) is 11.1. The number of aromatic nitrogens is 2. The van der Waals surface area contributed by atoms with E-state index >= 15 is 0 Å². The molecule has 28 heavy (non-hydrogen) atoms. The third-order valence-electron chi connectivity index (χ3n) is 5.40. The molecule has 0 bridgehead atoms. The molecule has 7 heteroatoms. The maximum atomic E-state index is 12.1. The summed E-state index contributed by atoms with van der Waals surface area (Å²) in [5.41, 5.74) is 2.72. The van der Waals surface area contributed by atoms with Crippen LogP contribution in [-0.4, -0.2) is 37.9 Å². The largest absolute Gasteiger partial charge is 0.492 e. The highest BCUT2D eigenvalue weighted by atomic mass is 32.2. The molecule has 0 atom stereocenters. The first-order valence-electron chi connectivity index (χ1n) is 9.17. The maximum absolute atomic E-state index is 12.1. The minimum absolute atomic E-state index is 0.221. The van der Waals surface area contributed by atoms with Crippen LogP contribution in [0.5, 0.6) is 11.6 Å². The Morgan fingerprint density at radius 3 is 2.61 bits per heavy atom. The lowest BCUT2D eigenvalue weighted by atomic mass is 10.0. The molecule has 0 aliphatic heterocycles. The van der Waals surface area contributed by atoms with Gasteiger partial charge < -0.3 is 14.0 Å².